The molecule has 2 N–H and O–H groups in total. The number of carbonyl (C=O) groups is 3. The van der Waals surface area contributed by atoms with Crippen molar-refractivity contribution in [1.82, 2.24) is 5.06 Å². The Hall–Kier alpha value is -4.90. The van der Waals surface area contributed by atoms with Gasteiger partial charge in [-0.1, -0.05) is 57.9 Å². The second kappa shape index (κ2) is 19.7. The van der Waals surface area contributed by atoms with E-state index in [1.165, 1.54) is 57.9 Å². The summed E-state index contributed by atoms with van der Waals surface area (Å²) in [6.45, 7) is 10.9. The van der Waals surface area contributed by atoms with Gasteiger partial charge in [0.1, 0.15) is 13.1 Å². The number of allylic oxidation sites excluding steroid dienone is 8. The summed E-state index contributed by atoms with van der Waals surface area (Å²) >= 11 is 0. The van der Waals surface area contributed by atoms with Crippen molar-refractivity contribution >= 4 is 55.1 Å². The average Bonchev–Trinajstić information content (AvgIpc) is 3.78. The first-order chi connectivity index (χ1) is 31.2. The molecule has 1 unspecified atom stereocenters. The fourth-order valence-electron chi connectivity index (χ4n) is 10.6. The number of carbonyl (C=O) groups excluding carboxylic acids is 3. The Bertz CT molecular complexity index is 2640. The third-order valence-electron chi connectivity index (χ3n) is 14.1. The van der Waals surface area contributed by atoms with Gasteiger partial charge in [-0.2, -0.15) is 16.8 Å². The van der Waals surface area contributed by atoms with Crippen molar-refractivity contribution in [3.05, 3.63) is 99.9 Å². The zero-order chi connectivity index (χ0) is 47.6. The molecule has 4 aliphatic heterocycles. The smallest absolute Gasteiger partial charge is 0.333 e. The largest absolute Gasteiger partial charge is 0.347 e. The number of benzene rings is 2. The Morgan fingerprint density at radius 1 is 0.773 bits per heavy atom. The number of amides is 2. The summed E-state index contributed by atoms with van der Waals surface area (Å²) in [7, 11) is -6.72. The van der Waals surface area contributed by atoms with Crippen LogP contribution in [0.3, 0.4) is 0 Å². The lowest BCUT2D eigenvalue weighted by Crippen LogP contribution is -2.32. The SMILES string of the molecule is CCc1ccc2c(c1)C(C)(C)C(=CC=C1CCCC(=CC=C3N(CCCS(=O)(=O)O)c4ccc(S(=O)(=O)O)cc4C3(C)CCCCCC(=O)ON3C(=O)CCC3=O)C1=[N+]1CCCCC1)N2C. The van der Waals surface area contributed by atoms with Crippen LogP contribution in [0.15, 0.2) is 88.1 Å². The molecule has 0 radical (unpaired) electrons. The first-order valence-corrected chi connectivity index (χ1v) is 26.5. The normalized spacial score (nSPS) is 23.5. The molecule has 1 aliphatic carbocycles. The van der Waals surface area contributed by atoms with Crippen molar-refractivity contribution in [3.8, 4) is 0 Å². The van der Waals surface area contributed by atoms with E-state index >= 15 is 0 Å². The molecule has 0 bridgehead atoms. The van der Waals surface area contributed by atoms with Crippen molar-refractivity contribution in [3.63, 3.8) is 0 Å². The van der Waals surface area contributed by atoms with Gasteiger partial charge in [-0.3, -0.25) is 18.7 Å². The maximum absolute atomic E-state index is 12.6. The van der Waals surface area contributed by atoms with E-state index < -0.39 is 49.2 Å². The summed E-state index contributed by atoms with van der Waals surface area (Å²) in [6.07, 6.45) is 18.0. The number of hydrogen-bond acceptors (Lipinski definition) is 10. The number of hydrogen-bond donors (Lipinski definition) is 2. The maximum atomic E-state index is 12.6. The van der Waals surface area contributed by atoms with Crippen LogP contribution < -0.4 is 9.80 Å². The van der Waals surface area contributed by atoms with E-state index in [0.29, 0.717) is 42.0 Å². The number of fused-ring (bicyclic) bond motifs is 2. The Kier molecular flexibility index (Phi) is 14.7. The Morgan fingerprint density at radius 3 is 2.06 bits per heavy atom. The van der Waals surface area contributed by atoms with Gasteiger partial charge in [0.15, 0.2) is 0 Å². The summed E-state index contributed by atoms with van der Waals surface area (Å²) < 4.78 is 71.4. The quantitative estimate of drug-likeness (QED) is 0.0756. The first-order valence-electron chi connectivity index (χ1n) is 23.5. The minimum atomic E-state index is -4.59. The zero-order valence-corrected chi connectivity index (χ0v) is 40.6. The number of anilines is 2. The topological polar surface area (TPSA) is 182 Å². The van der Waals surface area contributed by atoms with Gasteiger partial charge in [0, 0.05) is 90.4 Å². The second-order valence-electron chi connectivity index (χ2n) is 19.0. The van der Waals surface area contributed by atoms with E-state index in [2.05, 4.69) is 79.8 Å². The molecule has 3 fully saturated rings. The molecule has 2 saturated heterocycles. The Balaban J connectivity index is 1.25. The van der Waals surface area contributed by atoms with Crippen molar-refractivity contribution < 1.29 is 49.7 Å². The van der Waals surface area contributed by atoms with E-state index in [1.807, 2.05) is 11.8 Å². The monoisotopic (exact) mass is 945 g/mol. The van der Waals surface area contributed by atoms with Gasteiger partial charge in [0.05, 0.1) is 10.6 Å². The zero-order valence-electron chi connectivity index (χ0n) is 39.0. The highest BCUT2D eigenvalue weighted by Gasteiger charge is 2.44. The van der Waals surface area contributed by atoms with Crippen LogP contribution >= 0.6 is 0 Å². The van der Waals surface area contributed by atoms with E-state index in [4.69, 9.17) is 4.84 Å². The molecule has 4 heterocycles. The fourth-order valence-corrected chi connectivity index (χ4v) is 11.6. The lowest BCUT2D eigenvalue weighted by atomic mass is 9.76. The first kappa shape index (κ1) is 49.0. The molecule has 1 atom stereocenters. The van der Waals surface area contributed by atoms with Gasteiger partial charge in [-0.15, -0.1) is 5.06 Å². The van der Waals surface area contributed by atoms with Crippen LogP contribution in [0.25, 0.3) is 0 Å². The predicted molar refractivity (Wildman–Crippen MR) is 255 cm³/mol. The lowest BCUT2D eigenvalue weighted by Gasteiger charge is -2.31. The molecule has 0 aromatic heterocycles. The summed E-state index contributed by atoms with van der Waals surface area (Å²) in [4.78, 5) is 45.7. The van der Waals surface area contributed by atoms with Gasteiger partial charge in [-0.05, 0) is 111 Å². The van der Waals surface area contributed by atoms with Gasteiger partial charge >= 0.3 is 5.97 Å². The molecule has 7 rings (SSSR count). The Morgan fingerprint density at radius 2 is 1.42 bits per heavy atom. The van der Waals surface area contributed by atoms with Crippen LogP contribution in [0, 0.1) is 0 Å². The van der Waals surface area contributed by atoms with Crippen molar-refractivity contribution in [2.24, 2.45) is 0 Å². The van der Waals surface area contributed by atoms with E-state index in [1.54, 1.807) is 6.07 Å². The fraction of sp³-hybridized carbons (Fsp3) is 0.520. The summed E-state index contributed by atoms with van der Waals surface area (Å²) in [6, 6.07) is 11.2. The van der Waals surface area contributed by atoms with Crippen LogP contribution in [0.1, 0.15) is 134 Å². The number of likely N-dealkylation sites (N-methyl/N-ethyl adjacent to an activating group) is 1. The molecule has 2 aromatic rings. The Labute approximate surface area is 390 Å². The summed E-state index contributed by atoms with van der Waals surface area (Å²) in [5.74, 6) is -2.24. The highest BCUT2D eigenvalue weighted by Crippen LogP contribution is 2.52. The van der Waals surface area contributed by atoms with Crippen molar-refractivity contribution in [2.75, 3.05) is 42.2 Å². The molecule has 356 valence electrons. The third-order valence-corrected chi connectivity index (χ3v) is 15.8. The molecule has 1 saturated carbocycles. The van der Waals surface area contributed by atoms with Gasteiger partial charge in [0.25, 0.3) is 32.1 Å². The number of unbranched alkanes of at least 4 members (excludes halogenated alkanes) is 2. The number of rotatable bonds is 15. The molecule has 5 aliphatic rings. The molecule has 16 heteroatoms. The van der Waals surface area contributed by atoms with E-state index in [-0.39, 0.29) is 42.5 Å². The highest BCUT2D eigenvalue weighted by atomic mass is 32.2. The van der Waals surface area contributed by atoms with Crippen LogP contribution in [-0.4, -0.2) is 91.5 Å². The second-order valence-corrected chi connectivity index (χ2v) is 22.0. The number of imide groups is 1. The van der Waals surface area contributed by atoms with E-state index in [9.17, 15) is 40.3 Å². The number of piperidine rings is 1. The van der Waals surface area contributed by atoms with Gasteiger partial charge < -0.3 is 14.6 Å². The standard InChI is InChI=1S/C50H64N4O10S2/c1-6-35-18-22-41-39(33-35)49(2,3)43(51(41)5)24-19-36-15-13-16-37(48(36)52-29-11-8-12-30-52)20-25-44-50(4,28-10-7-9-17-47(57)64-54-45(55)26-27-46(54)56)40-34-38(66(61,62)63)21-23-42(40)53(44)31-14-32-65(58,59)60/h18-25,33-34H,6-17,26-32H2,1-5H3,(H-,58,59,60,61,62,63)/p+1. The summed E-state index contributed by atoms with van der Waals surface area (Å²) in [5, 5.41) is 0.542. The van der Waals surface area contributed by atoms with Crippen LogP contribution in [-0.2, 0) is 56.7 Å². The number of aryl methyl sites for hydroxylation is 1. The predicted octanol–water partition coefficient (Wildman–Crippen LogP) is 8.28. The molecule has 0 spiro atoms. The van der Waals surface area contributed by atoms with E-state index in [0.717, 1.165) is 57.3 Å². The van der Waals surface area contributed by atoms with Crippen LogP contribution in [0.5, 0.6) is 0 Å². The van der Waals surface area contributed by atoms with Gasteiger partial charge in [0.2, 0.25) is 5.71 Å². The van der Waals surface area contributed by atoms with Gasteiger partial charge in [-0.25, -0.2) is 9.37 Å². The molecule has 2 aromatic carbocycles. The van der Waals surface area contributed by atoms with Crippen LogP contribution in [0.4, 0.5) is 11.4 Å². The van der Waals surface area contributed by atoms with Crippen molar-refractivity contribution in [1.29, 1.82) is 0 Å². The minimum Gasteiger partial charge on any atom is -0.347 e. The van der Waals surface area contributed by atoms with Crippen molar-refractivity contribution in [2.45, 2.75) is 140 Å². The molecular weight excluding hydrogens is 881 g/mol. The highest BCUT2D eigenvalue weighted by molar-refractivity contribution is 7.86. The minimum absolute atomic E-state index is 0.00424. The third kappa shape index (κ3) is 10.5. The lowest BCUT2D eigenvalue weighted by molar-refractivity contribution is -0.536. The number of hydroxylamine groups is 2. The molecule has 2 amide bonds. The number of nitrogens with zero attached hydrogens (tertiary/aromatic N) is 4. The average molecular weight is 946 g/mol. The van der Waals surface area contributed by atoms with Crippen LogP contribution in [0.2, 0.25) is 0 Å². The summed E-state index contributed by atoms with van der Waals surface area (Å²) in [5.41, 5.74) is 9.86. The molecular formula is C50H65N4O10S2+. The maximum Gasteiger partial charge on any atom is 0.333 e. The molecule has 14 nitrogen and oxygen atoms in total. The molecule has 66 heavy (non-hydrogen) atoms.